The zero-order valence-corrected chi connectivity index (χ0v) is 12.1. The predicted octanol–water partition coefficient (Wildman–Crippen LogP) is 1.28. The van der Waals surface area contributed by atoms with Crippen LogP contribution in [0, 0.1) is 17.2 Å². The first-order valence-electron chi connectivity index (χ1n) is 6.65. The van der Waals surface area contributed by atoms with Gasteiger partial charge in [0.2, 0.25) is 10.0 Å². The molecule has 1 aromatic carbocycles. The normalized spacial score (nSPS) is 21.9. The molecule has 0 heterocycles. The van der Waals surface area contributed by atoms with Crippen molar-refractivity contribution in [1.82, 2.24) is 4.72 Å². The highest BCUT2D eigenvalue weighted by Crippen LogP contribution is 2.26. The molecule has 21 heavy (non-hydrogen) atoms. The van der Waals surface area contributed by atoms with Gasteiger partial charge in [0.15, 0.2) is 0 Å². The number of benzene rings is 1. The number of carboxylic acids is 1. The molecule has 1 fully saturated rings. The summed E-state index contributed by atoms with van der Waals surface area (Å²) in [5.41, 5.74) is 0.539. The van der Waals surface area contributed by atoms with Crippen molar-refractivity contribution in [2.24, 2.45) is 5.92 Å². The number of nitrogens with zero attached hydrogens (tertiary/aromatic N) is 1. The Morgan fingerprint density at radius 3 is 2.57 bits per heavy atom. The van der Waals surface area contributed by atoms with Gasteiger partial charge in [-0.1, -0.05) is 18.6 Å². The van der Waals surface area contributed by atoms with Gasteiger partial charge in [0, 0.05) is 6.04 Å². The SMILES string of the molecule is N#CC1CCCC1NS(=O)(=O)c1ccc(CC(=O)O)cc1. The third kappa shape index (κ3) is 3.80. The van der Waals surface area contributed by atoms with Gasteiger partial charge in [-0.3, -0.25) is 4.79 Å². The maximum absolute atomic E-state index is 12.2. The zero-order valence-electron chi connectivity index (χ0n) is 11.3. The molecule has 0 aromatic heterocycles. The Bertz CT molecular complexity index is 661. The summed E-state index contributed by atoms with van der Waals surface area (Å²) in [4.78, 5) is 10.7. The molecular formula is C14H16N2O4S. The van der Waals surface area contributed by atoms with Crippen molar-refractivity contribution in [3.63, 3.8) is 0 Å². The molecule has 0 spiro atoms. The maximum atomic E-state index is 12.2. The average molecular weight is 308 g/mol. The van der Waals surface area contributed by atoms with Crippen LogP contribution < -0.4 is 4.72 Å². The maximum Gasteiger partial charge on any atom is 0.307 e. The summed E-state index contributed by atoms with van der Waals surface area (Å²) in [6.45, 7) is 0. The molecule has 0 radical (unpaired) electrons. The van der Waals surface area contributed by atoms with E-state index in [0.717, 1.165) is 6.42 Å². The number of aliphatic carboxylic acids is 1. The fraction of sp³-hybridized carbons (Fsp3) is 0.429. The number of carboxylic acid groups (broad SMARTS) is 1. The van der Waals surface area contributed by atoms with Gasteiger partial charge < -0.3 is 5.11 Å². The van der Waals surface area contributed by atoms with Crippen LogP contribution >= 0.6 is 0 Å². The molecule has 6 nitrogen and oxygen atoms in total. The molecule has 0 amide bonds. The van der Waals surface area contributed by atoms with E-state index in [0.29, 0.717) is 18.4 Å². The minimum atomic E-state index is -3.68. The average Bonchev–Trinajstić information content (AvgIpc) is 2.85. The molecular weight excluding hydrogens is 292 g/mol. The second-order valence-electron chi connectivity index (χ2n) is 5.11. The Morgan fingerprint density at radius 2 is 2.00 bits per heavy atom. The fourth-order valence-corrected chi connectivity index (χ4v) is 3.80. The summed E-state index contributed by atoms with van der Waals surface area (Å²) in [7, 11) is -3.68. The first-order valence-corrected chi connectivity index (χ1v) is 8.13. The Balaban J connectivity index is 2.12. The summed E-state index contributed by atoms with van der Waals surface area (Å²) in [5.74, 6) is -1.25. The molecule has 0 bridgehead atoms. The van der Waals surface area contributed by atoms with Gasteiger partial charge in [0.1, 0.15) is 0 Å². The second kappa shape index (κ2) is 6.24. The topological polar surface area (TPSA) is 107 Å². The Kier molecular flexibility index (Phi) is 4.60. The van der Waals surface area contributed by atoms with Crippen LogP contribution in [0.3, 0.4) is 0 Å². The highest BCUT2D eigenvalue weighted by atomic mass is 32.2. The third-order valence-corrected chi connectivity index (χ3v) is 5.08. The molecule has 1 aliphatic carbocycles. The molecule has 112 valence electrons. The monoisotopic (exact) mass is 308 g/mol. The molecule has 1 saturated carbocycles. The summed E-state index contributed by atoms with van der Waals surface area (Å²) in [5, 5.41) is 17.7. The van der Waals surface area contributed by atoms with Crippen molar-refractivity contribution < 1.29 is 18.3 Å². The minimum absolute atomic E-state index is 0.0835. The van der Waals surface area contributed by atoms with E-state index in [4.69, 9.17) is 10.4 Å². The largest absolute Gasteiger partial charge is 0.481 e. The van der Waals surface area contributed by atoms with Gasteiger partial charge in [-0.25, -0.2) is 13.1 Å². The van der Waals surface area contributed by atoms with E-state index in [1.54, 1.807) is 0 Å². The number of nitrogens with one attached hydrogen (secondary N) is 1. The molecule has 2 unspecified atom stereocenters. The summed E-state index contributed by atoms with van der Waals surface area (Å²) in [6, 6.07) is 7.52. The summed E-state index contributed by atoms with van der Waals surface area (Å²) >= 11 is 0. The van der Waals surface area contributed by atoms with E-state index in [9.17, 15) is 13.2 Å². The first-order chi connectivity index (χ1) is 9.92. The highest BCUT2D eigenvalue weighted by Gasteiger charge is 2.31. The third-order valence-electron chi connectivity index (χ3n) is 3.58. The number of hydrogen-bond donors (Lipinski definition) is 2. The van der Waals surface area contributed by atoms with Gasteiger partial charge >= 0.3 is 5.97 Å². The van der Waals surface area contributed by atoms with E-state index >= 15 is 0 Å². The van der Waals surface area contributed by atoms with Gasteiger partial charge in [-0.15, -0.1) is 0 Å². The van der Waals surface area contributed by atoms with Crippen LogP contribution in [0.1, 0.15) is 24.8 Å². The molecule has 0 saturated heterocycles. The first kappa shape index (κ1) is 15.5. The van der Waals surface area contributed by atoms with Crippen LogP contribution in [0.4, 0.5) is 0 Å². The van der Waals surface area contributed by atoms with E-state index < -0.39 is 16.0 Å². The van der Waals surface area contributed by atoms with Crippen molar-refractivity contribution in [2.45, 2.75) is 36.6 Å². The van der Waals surface area contributed by atoms with Crippen molar-refractivity contribution in [2.75, 3.05) is 0 Å². The van der Waals surface area contributed by atoms with Crippen molar-refractivity contribution in [3.05, 3.63) is 29.8 Å². The molecule has 1 aromatic rings. The number of rotatable bonds is 5. The molecule has 2 N–H and O–H groups in total. The van der Waals surface area contributed by atoms with Gasteiger partial charge in [0.05, 0.1) is 23.3 Å². The van der Waals surface area contributed by atoms with Crippen LogP contribution in [0.5, 0.6) is 0 Å². The Hall–Kier alpha value is -1.91. The lowest BCUT2D eigenvalue weighted by atomic mass is 10.1. The molecule has 1 aliphatic rings. The van der Waals surface area contributed by atoms with E-state index in [1.165, 1.54) is 24.3 Å². The fourth-order valence-electron chi connectivity index (χ4n) is 2.48. The number of nitriles is 1. The highest BCUT2D eigenvalue weighted by molar-refractivity contribution is 7.89. The summed E-state index contributed by atoms with van der Waals surface area (Å²) in [6.07, 6.45) is 2.06. The van der Waals surface area contributed by atoms with E-state index in [2.05, 4.69) is 10.8 Å². The van der Waals surface area contributed by atoms with Gasteiger partial charge in [-0.2, -0.15) is 5.26 Å². The molecule has 7 heteroatoms. The number of sulfonamides is 1. The zero-order chi connectivity index (χ0) is 15.5. The Morgan fingerprint density at radius 1 is 1.33 bits per heavy atom. The number of carbonyl (C=O) groups is 1. The standard InChI is InChI=1S/C14H16N2O4S/c15-9-11-2-1-3-13(11)16-21(19,20)12-6-4-10(5-7-12)8-14(17)18/h4-7,11,13,16H,1-3,8H2,(H,17,18). The quantitative estimate of drug-likeness (QED) is 0.852. The second-order valence-corrected chi connectivity index (χ2v) is 6.82. The lowest BCUT2D eigenvalue weighted by molar-refractivity contribution is -0.136. The van der Waals surface area contributed by atoms with Gasteiger partial charge in [0.25, 0.3) is 0 Å². The number of hydrogen-bond acceptors (Lipinski definition) is 4. The van der Waals surface area contributed by atoms with Crippen LogP contribution in [0.25, 0.3) is 0 Å². The van der Waals surface area contributed by atoms with Crippen molar-refractivity contribution >= 4 is 16.0 Å². The van der Waals surface area contributed by atoms with Gasteiger partial charge in [-0.05, 0) is 30.5 Å². The molecule has 2 rings (SSSR count). The van der Waals surface area contributed by atoms with E-state index in [-0.39, 0.29) is 23.3 Å². The molecule has 2 atom stereocenters. The predicted molar refractivity (Wildman–Crippen MR) is 74.8 cm³/mol. The van der Waals surface area contributed by atoms with Crippen LogP contribution in [-0.4, -0.2) is 25.5 Å². The lowest BCUT2D eigenvalue weighted by Gasteiger charge is -2.15. The van der Waals surface area contributed by atoms with E-state index in [1.807, 2.05) is 0 Å². The van der Waals surface area contributed by atoms with Crippen LogP contribution in [0.2, 0.25) is 0 Å². The summed E-state index contributed by atoms with van der Waals surface area (Å²) < 4.78 is 27.1. The molecule has 0 aliphatic heterocycles. The minimum Gasteiger partial charge on any atom is -0.481 e. The van der Waals surface area contributed by atoms with Crippen molar-refractivity contribution in [1.29, 1.82) is 5.26 Å². The smallest absolute Gasteiger partial charge is 0.307 e. The lowest BCUT2D eigenvalue weighted by Crippen LogP contribution is -2.36. The Labute approximate surface area is 123 Å². The van der Waals surface area contributed by atoms with Crippen LogP contribution in [0.15, 0.2) is 29.2 Å². The van der Waals surface area contributed by atoms with Crippen molar-refractivity contribution in [3.8, 4) is 6.07 Å². The van der Waals surface area contributed by atoms with Crippen LogP contribution in [-0.2, 0) is 21.2 Å².